The van der Waals surface area contributed by atoms with Gasteiger partial charge in [0.15, 0.2) is 5.82 Å². The first kappa shape index (κ1) is 25.7. The summed E-state index contributed by atoms with van der Waals surface area (Å²) in [5.41, 5.74) is 2.30. The molecule has 2 aliphatic rings. The van der Waals surface area contributed by atoms with Crippen molar-refractivity contribution in [3.63, 3.8) is 0 Å². The minimum absolute atomic E-state index is 0.0776. The number of hydrogen-bond acceptors (Lipinski definition) is 7. The van der Waals surface area contributed by atoms with Crippen LogP contribution in [0.3, 0.4) is 0 Å². The van der Waals surface area contributed by atoms with Crippen molar-refractivity contribution in [3.05, 3.63) is 41.0 Å². The molecule has 10 nitrogen and oxygen atoms in total. The Morgan fingerprint density at radius 3 is 2.54 bits per heavy atom. The van der Waals surface area contributed by atoms with Crippen LogP contribution in [-0.4, -0.2) is 92.3 Å². The van der Waals surface area contributed by atoms with Crippen LogP contribution in [0.25, 0.3) is 0 Å². The number of morpholine rings is 1. The molecule has 0 atom stereocenters. The molecule has 2 aromatic rings. The lowest BCUT2D eigenvalue weighted by Gasteiger charge is -2.45. The summed E-state index contributed by atoms with van der Waals surface area (Å²) in [6.45, 7) is 7.31. The number of rotatable bonds is 6. The summed E-state index contributed by atoms with van der Waals surface area (Å²) >= 11 is 6.33. The molecule has 2 fully saturated rings. The molecule has 0 radical (unpaired) electrons. The minimum atomic E-state index is -3.45. The van der Waals surface area contributed by atoms with Crippen molar-refractivity contribution < 1.29 is 17.9 Å². The van der Waals surface area contributed by atoms with Crippen LogP contribution in [0.15, 0.2) is 30.5 Å². The fourth-order valence-corrected chi connectivity index (χ4v) is 5.25. The first-order valence-electron chi connectivity index (χ1n) is 11.7. The van der Waals surface area contributed by atoms with Gasteiger partial charge in [-0.05, 0) is 44.5 Å². The Bertz CT molecular complexity index is 1160. The van der Waals surface area contributed by atoms with E-state index < -0.39 is 10.0 Å². The molecule has 3 heterocycles. The first-order chi connectivity index (χ1) is 16.5. The van der Waals surface area contributed by atoms with Crippen LogP contribution in [0.5, 0.6) is 0 Å². The van der Waals surface area contributed by atoms with Crippen molar-refractivity contribution in [2.24, 2.45) is 0 Å². The van der Waals surface area contributed by atoms with Crippen LogP contribution in [0.2, 0.25) is 5.02 Å². The predicted molar refractivity (Wildman–Crippen MR) is 137 cm³/mol. The summed E-state index contributed by atoms with van der Waals surface area (Å²) in [7, 11) is -1.32. The summed E-state index contributed by atoms with van der Waals surface area (Å²) in [5.74, 6) is 0.126. The van der Waals surface area contributed by atoms with Gasteiger partial charge in [0.05, 0.1) is 19.5 Å². The fraction of sp³-hybridized carbons (Fsp3) is 0.565. The molecular formula is C23H33ClN6O4S. The van der Waals surface area contributed by atoms with Crippen molar-refractivity contribution >= 4 is 39.2 Å². The lowest BCUT2D eigenvalue weighted by molar-refractivity contribution is 0.0585. The summed E-state index contributed by atoms with van der Waals surface area (Å²) < 4.78 is 31.8. The number of amides is 1. The van der Waals surface area contributed by atoms with E-state index in [-0.39, 0.29) is 17.4 Å². The molecule has 192 valence electrons. The van der Waals surface area contributed by atoms with Crippen molar-refractivity contribution in [2.75, 3.05) is 62.3 Å². The van der Waals surface area contributed by atoms with E-state index in [2.05, 4.69) is 39.7 Å². The van der Waals surface area contributed by atoms with E-state index in [0.717, 1.165) is 49.4 Å². The average molecular weight is 525 g/mol. The molecule has 1 N–H and O–H groups in total. The molecule has 1 aromatic heterocycles. The lowest BCUT2D eigenvalue weighted by Crippen LogP contribution is -2.53. The highest BCUT2D eigenvalue weighted by molar-refractivity contribution is 7.92. The van der Waals surface area contributed by atoms with Gasteiger partial charge < -0.3 is 14.5 Å². The van der Waals surface area contributed by atoms with Gasteiger partial charge >= 0.3 is 6.03 Å². The van der Waals surface area contributed by atoms with E-state index in [4.69, 9.17) is 16.3 Å². The maximum absolute atomic E-state index is 12.9. The van der Waals surface area contributed by atoms with Crippen molar-refractivity contribution in [1.82, 2.24) is 19.6 Å². The number of ether oxygens (including phenoxy) is 1. The lowest BCUT2D eigenvalue weighted by atomic mass is 9.87. The molecule has 0 unspecified atom stereocenters. The summed E-state index contributed by atoms with van der Waals surface area (Å²) in [5, 5.41) is 4.79. The second-order valence-corrected chi connectivity index (χ2v) is 11.7. The van der Waals surface area contributed by atoms with Crippen LogP contribution in [0.1, 0.15) is 25.3 Å². The zero-order valence-electron chi connectivity index (χ0n) is 20.4. The zero-order valence-corrected chi connectivity index (χ0v) is 22.0. The molecule has 2 aliphatic heterocycles. The van der Waals surface area contributed by atoms with Crippen molar-refractivity contribution in [3.8, 4) is 0 Å². The van der Waals surface area contributed by atoms with E-state index in [1.54, 1.807) is 4.90 Å². The topological polar surface area (TPSA) is 100 Å². The Hall–Kier alpha value is -2.34. The number of nitrogens with zero attached hydrogens (tertiary/aromatic N) is 5. The molecule has 4 rings (SSSR count). The largest absolute Gasteiger partial charge is 0.378 e. The summed E-state index contributed by atoms with van der Waals surface area (Å²) in [6.07, 6.45) is 4.14. The first-order valence-corrected chi connectivity index (χ1v) is 14.0. The Labute approximate surface area is 211 Å². The van der Waals surface area contributed by atoms with E-state index in [9.17, 15) is 13.2 Å². The Kier molecular flexibility index (Phi) is 7.60. The number of nitrogens with one attached hydrogen (secondary N) is 1. The molecule has 12 heteroatoms. The van der Waals surface area contributed by atoms with Gasteiger partial charge in [-0.15, -0.1) is 5.10 Å². The SMILES string of the molecule is CN(Cc1ccc(Cl)cc1N1CCOCC1)C1(C)CCN(C(=O)n2ccc(NS(C)(=O)=O)n2)CC1. The third-order valence-corrected chi connectivity index (χ3v) is 7.73. The van der Waals surface area contributed by atoms with Crippen molar-refractivity contribution in [2.45, 2.75) is 31.8 Å². The number of piperidine rings is 1. The van der Waals surface area contributed by atoms with E-state index in [1.807, 2.05) is 12.1 Å². The number of sulfonamides is 1. The highest BCUT2D eigenvalue weighted by Crippen LogP contribution is 2.32. The standard InChI is InChI=1S/C23H33ClN6O4S/c1-23(27(2)17-18-4-5-19(24)16-20(18)28-12-14-34-15-13-28)7-10-29(11-8-23)22(31)30-9-6-21(25-30)26-35(3,32)33/h4-6,9,16H,7-8,10-15,17H2,1-3H3,(H,25,26). The van der Waals surface area contributed by atoms with Gasteiger partial charge in [0.1, 0.15) is 0 Å². The minimum Gasteiger partial charge on any atom is -0.378 e. The Morgan fingerprint density at radius 2 is 1.89 bits per heavy atom. The third kappa shape index (κ3) is 6.27. The maximum Gasteiger partial charge on any atom is 0.344 e. The van der Waals surface area contributed by atoms with Gasteiger partial charge in [0.2, 0.25) is 10.0 Å². The van der Waals surface area contributed by atoms with E-state index >= 15 is 0 Å². The molecule has 0 saturated carbocycles. The van der Waals surface area contributed by atoms with Gasteiger partial charge in [-0.2, -0.15) is 4.68 Å². The number of aromatic nitrogens is 2. The predicted octanol–water partition coefficient (Wildman–Crippen LogP) is 2.70. The molecule has 0 aliphatic carbocycles. The number of halogens is 1. The Morgan fingerprint density at radius 1 is 1.20 bits per heavy atom. The van der Waals surface area contributed by atoms with Gasteiger partial charge in [0.25, 0.3) is 0 Å². The second-order valence-electron chi connectivity index (χ2n) is 9.51. The quantitative estimate of drug-likeness (QED) is 0.620. The maximum atomic E-state index is 12.9. The highest BCUT2D eigenvalue weighted by Gasteiger charge is 2.36. The van der Waals surface area contributed by atoms with Crippen molar-refractivity contribution in [1.29, 1.82) is 0 Å². The monoisotopic (exact) mass is 524 g/mol. The molecule has 1 amide bonds. The number of anilines is 2. The van der Waals surface area contributed by atoms with Crippen LogP contribution < -0.4 is 9.62 Å². The number of carbonyl (C=O) groups excluding carboxylic acids is 1. The van der Waals surface area contributed by atoms with Crippen LogP contribution in [-0.2, 0) is 21.3 Å². The molecule has 0 bridgehead atoms. The second kappa shape index (κ2) is 10.3. The molecule has 35 heavy (non-hydrogen) atoms. The average Bonchev–Trinajstić information content (AvgIpc) is 3.27. The van der Waals surface area contributed by atoms with Crippen LogP contribution >= 0.6 is 11.6 Å². The number of carbonyl (C=O) groups is 1. The molecule has 0 spiro atoms. The number of benzene rings is 1. The van der Waals surface area contributed by atoms with Gasteiger partial charge in [-0.1, -0.05) is 17.7 Å². The fourth-order valence-electron chi connectivity index (χ4n) is 4.60. The van der Waals surface area contributed by atoms with Crippen LogP contribution in [0, 0.1) is 0 Å². The highest BCUT2D eigenvalue weighted by atomic mass is 35.5. The van der Waals surface area contributed by atoms with E-state index in [0.29, 0.717) is 26.3 Å². The van der Waals surface area contributed by atoms with Crippen LogP contribution in [0.4, 0.5) is 16.3 Å². The summed E-state index contributed by atoms with van der Waals surface area (Å²) in [4.78, 5) is 19.4. The Balaban J connectivity index is 1.39. The zero-order chi connectivity index (χ0) is 25.2. The third-order valence-electron chi connectivity index (χ3n) is 6.91. The molecule has 1 aromatic carbocycles. The van der Waals surface area contributed by atoms with Gasteiger partial charge in [0, 0.05) is 61.2 Å². The molecule has 2 saturated heterocycles. The number of likely N-dealkylation sites (tertiary alicyclic amines) is 1. The summed E-state index contributed by atoms with van der Waals surface area (Å²) in [6, 6.07) is 7.29. The molecular weight excluding hydrogens is 492 g/mol. The number of hydrogen-bond donors (Lipinski definition) is 1. The van der Waals surface area contributed by atoms with Gasteiger partial charge in [-0.25, -0.2) is 13.2 Å². The normalized spacial score (nSPS) is 18.7. The smallest absolute Gasteiger partial charge is 0.344 e. The van der Waals surface area contributed by atoms with E-state index in [1.165, 1.54) is 22.5 Å². The van der Waals surface area contributed by atoms with Gasteiger partial charge in [-0.3, -0.25) is 9.62 Å².